The Balaban J connectivity index is 1.30. The standard InChI is InChI=1S/C21H29ClN4O2/c22-18-12-17(13-23-14-18)21(28)25-10-5-19(6-11-25)26-9-3-4-16(15-26)20(27)24-7-1-2-8-24/h12-14,16,19H,1-11,15H2. The van der Waals surface area contributed by atoms with E-state index in [9.17, 15) is 9.59 Å². The zero-order valence-electron chi connectivity index (χ0n) is 16.4. The first kappa shape index (κ1) is 19.6. The Hall–Kier alpha value is -1.66. The summed E-state index contributed by atoms with van der Waals surface area (Å²) >= 11 is 5.97. The molecule has 3 fully saturated rings. The molecule has 1 aromatic heterocycles. The summed E-state index contributed by atoms with van der Waals surface area (Å²) in [5.41, 5.74) is 0.556. The van der Waals surface area contributed by atoms with Gasteiger partial charge in [0.05, 0.1) is 16.5 Å². The third-order valence-electron chi connectivity index (χ3n) is 6.44. The van der Waals surface area contributed by atoms with Crippen molar-refractivity contribution in [1.29, 1.82) is 0 Å². The molecule has 3 saturated heterocycles. The van der Waals surface area contributed by atoms with Gasteiger partial charge in [-0.2, -0.15) is 0 Å². The van der Waals surface area contributed by atoms with Crippen LogP contribution in [-0.2, 0) is 4.79 Å². The van der Waals surface area contributed by atoms with E-state index in [1.807, 2.05) is 4.90 Å². The highest BCUT2D eigenvalue weighted by atomic mass is 35.5. The van der Waals surface area contributed by atoms with Crippen LogP contribution in [0.25, 0.3) is 0 Å². The van der Waals surface area contributed by atoms with Crippen molar-refractivity contribution in [3.05, 3.63) is 29.0 Å². The first-order valence-corrected chi connectivity index (χ1v) is 10.9. The van der Waals surface area contributed by atoms with Crippen molar-refractivity contribution in [2.75, 3.05) is 39.3 Å². The van der Waals surface area contributed by atoms with Gasteiger partial charge in [-0.15, -0.1) is 0 Å². The van der Waals surface area contributed by atoms with Crippen LogP contribution >= 0.6 is 11.6 Å². The molecule has 0 aromatic carbocycles. The summed E-state index contributed by atoms with van der Waals surface area (Å²) in [7, 11) is 0. The third-order valence-corrected chi connectivity index (χ3v) is 6.65. The molecule has 0 radical (unpaired) electrons. The molecule has 0 saturated carbocycles. The van der Waals surface area contributed by atoms with E-state index in [1.165, 1.54) is 0 Å². The molecule has 1 unspecified atom stereocenters. The number of hydrogen-bond acceptors (Lipinski definition) is 4. The van der Waals surface area contributed by atoms with Gasteiger partial charge in [0.2, 0.25) is 5.91 Å². The Labute approximate surface area is 171 Å². The number of nitrogens with zero attached hydrogens (tertiary/aromatic N) is 4. The van der Waals surface area contributed by atoms with Gasteiger partial charge >= 0.3 is 0 Å². The average molecular weight is 405 g/mol. The molecule has 152 valence electrons. The lowest BCUT2D eigenvalue weighted by molar-refractivity contribution is -0.136. The number of likely N-dealkylation sites (tertiary alicyclic amines) is 3. The molecule has 1 aromatic rings. The van der Waals surface area contributed by atoms with Crippen LogP contribution in [0.4, 0.5) is 0 Å². The van der Waals surface area contributed by atoms with Gasteiger partial charge in [0.15, 0.2) is 0 Å². The van der Waals surface area contributed by atoms with Gasteiger partial charge in [0.25, 0.3) is 5.91 Å². The maximum atomic E-state index is 12.8. The van der Waals surface area contributed by atoms with Gasteiger partial charge in [-0.3, -0.25) is 19.5 Å². The number of rotatable bonds is 3. The molecule has 6 nitrogen and oxygen atoms in total. The zero-order valence-corrected chi connectivity index (χ0v) is 17.1. The summed E-state index contributed by atoms with van der Waals surface area (Å²) in [4.78, 5) is 36.0. The quantitative estimate of drug-likeness (QED) is 0.777. The van der Waals surface area contributed by atoms with Gasteiger partial charge in [-0.1, -0.05) is 11.6 Å². The number of halogens is 1. The van der Waals surface area contributed by atoms with E-state index in [2.05, 4.69) is 14.8 Å². The maximum Gasteiger partial charge on any atom is 0.255 e. The van der Waals surface area contributed by atoms with E-state index >= 15 is 0 Å². The molecule has 0 spiro atoms. The first-order valence-electron chi connectivity index (χ1n) is 10.5. The molecule has 28 heavy (non-hydrogen) atoms. The van der Waals surface area contributed by atoms with Crippen LogP contribution in [0.5, 0.6) is 0 Å². The predicted molar refractivity (Wildman–Crippen MR) is 108 cm³/mol. The van der Waals surface area contributed by atoms with Crippen LogP contribution in [0.2, 0.25) is 5.02 Å². The Bertz CT molecular complexity index is 714. The molecule has 3 aliphatic rings. The minimum atomic E-state index is 0.00850. The number of carbonyl (C=O) groups excluding carboxylic acids is 2. The third kappa shape index (κ3) is 4.33. The minimum absolute atomic E-state index is 0.00850. The first-order chi connectivity index (χ1) is 13.6. The number of pyridine rings is 1. The second kappa shape index (κ2) is 8.78. The number of carbonyl (C=O) groups is 2. The highest BCUT2D eigenvalue weighted by Crippen LogP contribution is 2.26. The molecule has 3 aliphatic heterocycles. The second-order valence-electron chi connectivity index (χ2n) is 8.28. The molecule has 4 heterocycles. The van der Waals surface area contributed by atoms with Gasteiger partial charge < -0.3 is 9.80 Å². The van der Waals surface area contributed by atoms with Gasteiger partial charge in [-0.25, -0.2) is 0 Å². The number of amides is 2. The second-order valence-corrected chi connectivity index (χ2v) is 8.72. The van der Waals surface area contributed by atoms with E-state index in [1.54, 1.807) is 18.5 Å². The maximum absolute atomic E-state index is 12.8. The highest BCUT2D eigenvalue weighted by molar-refractivity contribution is 6.30. The van der Waals surface area contributed by atoms with Crippen molar-refractivity contribution in [3.8, 4) is 0 Å². The monoisotopic (exact) mass is 404 g/mol. The molecule has 4 rings (SSSR count). The number of piperidine rings is 2. The number of hydrogen-bond donors (Lipinski definition) is 0. The van der Waals surface area contributed by atoms with Crippen LogP contribution in [0, 0.1) is 5.92 Å². The van der Waals surface area contributed by atoms with E-state index in [4.69, 9.17) is 11.6 Å². The molecular weight excluding hydrogens is 376 g/mol. The van der Waals surface area contributed by atoms with Crippen LogP contribution in [-0.4, -0.2) is 76.8 Å². The van der Waals surface area contributed by atoms with Crippen molar-refractivity contribution in [2.45, 2.75) is 44.6 Å². The lowest BCUT2D eigenvalue weighted by atomic mass is 9.92. The van der Waals surface area contributed by atoms with Crippen LogP contribution in [0.3, 0.4) is 0 Å². The summed E-state index contributed by atoms with van der Waals surface area (Å²) in [5.74, 6) is 0.529. The lowest BCUT2D eigenvalue weighted by Crippen LogP contribution is -2.51. The topological polar surface area (TPSA) is 56.8 Å². The fourth-order valence-corrected chi connectivity index (χ4v) is 5.05. The highest BCUT2D eigenvalue weighted by Gasteiger charge is 2.34. The zero-order chi connectivity index (χ0) is 19.5. The van der Waals surface area contributed by atoms with E-state index in [-0.39, 0.29) is 11.8 Å². The summed E-state index contributed by atoms with van der Waals surface area (Å²) in [6.45, 7) is 5.32. The SMILES string of the molecule is O=C(c1cncc(Cl)c1)N1CCC(N2CCCC(C(=O)N3CCCC3)C2)CC1. The van der Waals surface area contributed by atoms with Crippen molar-refractivity contribution in [2.24, 2.45) is 5.92 Å². The summed E-state index contributed by atoms with van der Waals surface area (Å²) in [6, 6.07) is 2.15. The summed E-state index contributed by atoms with van der Waals surface area (Å²) < 4.78 is 0. The van der Waals surface area contributed by atoms with Crippen molar-refractivity contribution < 1.29 is 9.59 Å². The van der Waals surface area contributed by atoms with Crippen molar-refractivity contribution in [3.63, 3.8) is 0 Å². The smallest absolute Gasteiger partial charge is 0.255 e. The lowest BCUT2D eigenvalue weighted by Gasteiger charge is -2.42. The van der Waals surface area contributed by atoms with E-state index < -0.39 is 0 Å². The number of aromatic nitrogens is 1. The molecule has 1 atom stereocenters. The Morgan fingerprint density at radius 1 is 0.929 bits per heavy atom. The molecule has 0 aliphatic carbocycles. The largest absolute Gasteiger partial charge is 0.342 e. The van der Waals surface area contributed by atoms with Crippen LogP contribution in [0.15, 0.2) is 18.5 Å². The summed E-state index contributed by atoms with van der Waals surface area (Å²) in [5, 5.41) is 0.489. The Morgan fingerprint density at radius 3 is 2.39 bits per heavy atom. The Kier molecular flexibility index (Phi) is 6.16. The van der Waals surface area contributed by atoms with Crippen molar-refractivity contribution in [1.82, 2.24) is 19.7 Å². The normalized spacial score (nSPS) is 24.5. The predicted octanol–water partition coefficient (Wildman–Crippen LogP) is 2.67. The molecule has 7 heteroatoms. The molecule has 0 bridgehead atoms. The van der Waals surface area contributed by atoms with Crippen molar-refractivity contribution >= 4 is 23.4 Å². The minimum Gasteiger partial charge on any atom is -0.342 e. The van der Waals surface area contributed by atoms with Crippen LogP contribution < -0.4 is 0 Å². The van der Waals surface area contributed by atoms with Crippen LogP contribution in [0.1, 0.15) is 48.9 Å². The molecular formula is C21H29ClN4O2. The fraction of sp³-hybridized carbons (Fsp3) is 0.667. The fourth-order valence-electron chi connectivity index (χ4n) is 4.88. The van der Waals surface area contributed by atoms with Gasteiger partial charge in [-0.05, 0) is 51.1 Å². The van der Waals surface area contributed by atoms with Gasteiger partial charge in [0, 0.05) is 51.2 Å². The van der Waals surface area contributed by atoms with Gasteiger partial charge in [0.1, 0.15) is 0 Å². The van der Waals surface area contributed by atoms with E-state index in [0.29, 0.717) is 22.5 Å². The molecule has 2 amide bonds. The summed E-state index contributed by atoms with van der Waals surface area (Å²) in [6.07, 6.45) is 9.46. The Morgan fingerprint density at radius 2 is 1.68 bits per heavy atom. The molecule has 0 N–H and O–H groups in total. The van der Waals surface area contributed by atoms with E-state index in [0.717, 1.165) is 77.8 Å². The average Bonchev–Trinajstić information content (AvgIpc) is 3.28.